The second-order valence-corrected chi connectivity index (χ2v) is 4.57. The first-order chi connectivity index (χ1) is 8.91. The number of carbonyl (C=O) groups excluding carboxylic acids is 1. The predicted octanol–water partition coefficient (Wildman–Crippen LogP) is 2.95. The Balaban J connectivity index is 2.28. The van der Waals surface area contributed by atoms with Crippen LogP contribution < -0.4 is 0 Å². The summed E-state index contributed by atoms with van der Waals surface area (Å²) in [5.41, 5.74) is -0.0846. The Labute approximate surface area is 108 Å². The van der Waals surface area contributed by atoms with Crippen molar-refractivity contribution in [3.63, 3.8) is 0 Å². The maximum atomic E-state index is 12.9. The number of halogens is 3. The number of phenolic OH excluding ortho intramolecular Hbond substituents is 1. The Kier molecular flexibility index (Phi) is 3.68. The van der Waals surface area contributed by atoms with Crippen molar-refractivity contribution >= 4 is 5.91 Å². The van der Waals surface area contributed by atoms with Gasteiger partial charge in [0.1, 0.15) is 11.8 Å². The van der Waals surface area contributed by atoms with E-state index >= 15 is 0 Å². The zero-order chi connectivity index (χ0) is 14.0. The molecule has 0 aromatic heterocycles. The lowest BCUT2D eigenvalue weighted by Gasteiger charge is -2.36. The van der Waals surface area contributed by atoms with Crippen LogP contribution in [0.25, 0.3) is 0 Å². The average Bonchev–Trinajstić information content (AvgIpc) is 2.37. The predicted molar refractivity (Wildman–Crippen MR) is 62.8 cm³/mol. The molecule has 1 aliphatic rings. The summed E-state index contributed by atoms with van der Waals surface area (Å²) in [5.74, 6) is -1.06. The van der Waals surface area contributed by atoms with Crippen molar-refractivity contribution in [1.82, 2.24) is 4.90 Å². The number of nitrogens with zero attached hydrogens (tertiary/aromatic N) is 1. The van der Waals surface area contributed by atoms with Crippen LogP contribution in [0.4, 0.5) is 13.2 Å². The summed E-state index contributed by atoms with van der Waals surface area (Å²) >= 11 is 0. The van der Waals surface area contributed by atoms with Crippen LogP contribution in [0.3, 0.4) is 0 Å². The highest BCUT2D eigenvalue weighted by molar-refractivity contribution is 5.97. The zero-order valence-corrected chi connectivity index (χ0v) is 10.2. The van der Waals surface area contributed by atoms with Gasteiger partial charge in [-0.05, 0) is 31.4 Å². The molecule has 0 bridgehead atoms. The number of likely N-dealkylation sites (tertiary alicyclic amines) is 1. The van der Waals surface area contributed by atoms with Crippen molar-refractivity contribution in [3.8, 4) is 5.75 Å². The van der Waals surface area contributed by atoms with Gasteiger partial charge < -0.3 is 10.0 Å². The van der Waals surface area contributed by atoms with E-state index < -0.39 is 18.1 Å². The highest BCUT2D eigenvalue weighted by atomic mass is 19.4. The van der Waals surface area contributed by atoms with E-state index in [0.29, 0.717) is 12.8 Å². The van der Waals surface area contributed by atoms with Gasteiger partial charge >= 0.3 is 6.18 Å². The van der Waals surface area contributed by atoms with Crippen LogP contribution in [0.1, 0.15) is 29.6 Å². The molecule has 1 N–H and O–H groups in total. The third-order valence-corrected chi connectivity index (χ3v) is 3.28. The molecule has 1 heterocycles. The molecule has 1 amide bonds. The molecule has 1 aromatic carbocycles. The molecular weight excluding hydrogens is 259 g/mol. The first-order valence-corrected chi connectivity index (χ1v) is 6.07. The molecule has 0 radical (unpaired) electrons. The lowest BCUT2D eigenvalue weighted by atomic mass is 10.00. The molecular formula is C13H14F3NO2. The summed E-state index contributed by atoms with van der Waals surface area (Å²) in [6.45, 7) is 0.0668. The number of hydrogen-bond acceptors (Lipinski definition) is 2. The second-order valence-electron chi connectivity index (χ2n) is 4.57. The van der Waals surface area contributed by atoms with E-state index in [0.717, 1.165) is 4.90 Å². The number of aromatic hydroxyl groups is 1. The fourth-order valence-corrected chi connectivity index (χ4v) is 2.32. The number of rotatable bonds is 1. The summed E-state index contributed by atoms with van der Waals surface area (Å²) in [6.07, 6.45) is -3.51. The monoisotopic (exact) mass is 273 g/mol. The molecule has 2 rings (SSSR count). The van der Waals surface area contributed by atoms with Crippen molar-refractivity contribution in [3.05, 3.63) is 29.8 Å². The molecule has 104 valence electrons. The van der Waals surface area contributed by atoms with E-state index in [1.807, 2.05) is 0 Å². The molecule has 19 heavy (non-hydrogen) atoms. The van der Waals surface area contributed by atoms with Gasteiger partial charge in [0.15, 0.2) is 0 Å². The second kappa shape index (κ2) is 5.11. The van der Waals surface area contributed by atoms with Crippen molar-refractivity contribution in [2.24, 2.45) is 0 Å². The van der Waals surface area contributed by atoms with Crippen LogP contribution in [0, 0.1) is 0 Å². The van der Waals surface area contributed by atoms with Crippen molar-refractivity contribution in [2.45, 2.75) is 31.5 Å². The molecule has 3 nitrogen and oxygen atoms in total. The molecule has 0 spiro atoms. The standard InChI is InChI=1S/C13H14F3NO2/c14-13(15,16)11-7-3-4-8-17(11)12(19)9-5-1-2-6-10(9)18/h1-2,5-6,11,18H,3-4,7-8H2. The lowest BCUT2D eigenvalue weighted by molar-refractivity contribution is -0.183. The van der Waals surface area contributed by atoms with E-state index in [-0.39, 0.29) is 24.3 Å². The lowest BCUT2D eigenvalue weighted by Crippen LogP contribution is -2.51. The topological polar surface area (TPSA) is 40.5 Å². The van der Waals surface area contributed by atoms with Gasteiger partial charge in [-0.3, -0.25) is 4.79 Å². The molecule has 1 unspecified atom stereocenters. The minimum absolute atomic E-state index is 0.0668. The quantitative estimate of drug-likeness (QED) is 0.854. The highest BCUT2D eigenvalue weighted by Gasteiger charge is 2.46. The number of carbonyl (C=O) groups is 1. The number of para-hydroxylation sites is 1. The van der Waals surface area contributed by atoms with Crippen LogP contribution in [0.2, 0.25) is 0 Å². The van der Waals surface area contributed by atoms with Gasteiger partial charge in [0.05, 0.1) is 5.56 Å². The van der Waals surface area contributed by atoms with Crippen molar-refractivity contribution in [1.29, 1.82) is 0 Å². The third kappa shape index (κ3) is 2.83. The maximum Gasteiger partial charge on any atom is 0.408 e. The van der Waals surface area contributed by atoms with Gasteiger partial charge in [-0.15, -0.1) is 0 Å². The minimum Gasteiger partial charge on any atom is -0.507 e. The highest BCUT2D eigenvalue weighted by Crippen LogP contribution is 2.33. The fourth-order valence-electron chi connectivity index (χ4n) is 2.32. The normalized spacial score (nSPS) is 20.4. The van der Waals surface area contributed by atoms with Crippen molar-refractivity contribution < 1.29 is 23.1 Å². The number of alkyl halides is 3. The summed E-state index contributed by atoms with van der Waals surface area (Å²) in [6, 6.07) is 3.90. The summed E-state index contributed by atoms with van der Waals surface area (Å²) < 4.78 is 38.7. The van der Waals surface area contributed by atoms with Gasteiger partial charge in [0, 0.05) is 6.54 Å². The molecule has 1 fully saturated rings. The van der Waals surface area contributed by atoms with Crippen LogP contribution in [-0.4, -0.2) is 34.7 Å². The summed E-state index contributed by atoms with van der Waals surface area (Å²) in [7, 11) is 0. The number of hydrogen-bond donors (Lipinski definition) is 1. The molecule has 1 atom stereocenters. The first-order valence-electron chi connectivity index (χ1n) is 6.07. The Morgan fingerprint density at radius 2 is 1.95 bits per heavy atom. The minimum atomic E-state index is -4.43. The number of benzene rings is 1. The molecule has 0 saturated carbocycles. The average molecular weight is 273 g/mol. The largest absolute Gasteiger partial charge is 0.507 e. The fraction of sp³-hybridized carbons (Fsp3) is 0.462. The Morgan fingerprint density at radius 3 is 2.58 bits per heavy atom. The Morgan fingerprint density at radius 1 is 1.26 bits per heavy atom. The van der Waals surface area contributed by atoms with Crippen molar-refractivity contribution in [2.75, 3.05) is 6.54 Å². The van der Waals surface area contributed by atoms with E-state index in [1.165, 1.54) is 24.3 Å². The number of phenols is 1. The van der Waals surface area contributed by atoms with Gasteiger partial charge in [-0.25, -0.2) is 0 Å². The molecule has 1 saturated heterocycles. The van der Waals surface area contributed by atoms with Gasteiger partial charge in [0.2, 0.25) is 0 Å². The third-order valence-electron chi connectivity index (χ3n) is 3.28. The first kappa shape index (κ1) is 13.7. The number of piperidine rings is 1. The van der Waals surface area contributed by atoms with Crippen LogP contribution >= 0.6 is 0 Å². The van der Waals surface area contributed by atoms with E-state index in [1.54, 1.807) is 0 Å². The zero-order valence-electron chi connectivity index (χ0n) is 10.2. The van der Waals surface area contributed by atoms with Gasteiger partial charge in [0.25, 0.3) is 5.91 Å². The Hall–Kier alpha value is -1.72. The molecule has 1 aliphatic heterocycles. The number of amides is 1. The van der Waals surface area contributed by atoms with Gasteiger partial charge in [-0.2, -0.15) is 13.2 Å². The van der Waals surface area contributed by atoms with E-state index in [2.05, 4.69) is 0 Å². The molecule has 1 aromatic rings. The summed E-state index contributed by atoms with van der Waals surface area (Å²) in [5, 5.41) is 9.57. The van der Waals surface area contributed by atoms with Crippen LogP contribution in [0.5, 0.6) is 5.75 Å². The summed E-state index contributed by atoms with van der Waals surface area (Å²) in [4.78, 5) is 13.0. The molecule has 6 heteroatoms. The van der Waals surface area contributed by atoms with Crippen LogP contribution in [-0.2, 0) is 0 Å². The van der Waals surface area contributed by atoms with Crippen LogP contribution in [0.15, 0.2) is 24.3 Å². The molecule has 0 aliphatic carbocycles. The SMILES string of the molecule is O=C(c1ccccc1O)N1CCCCC1C(F)(F)F. The smallest absolute Gasteiger partial charge is 0.408 e. The Bertz CT molecular complexity index is 473. The van der Waals surface area contributed by atoms with E-state index in [9.17, 15) is 23.1 Å². The maximum absolute atomic E-state index is 12.9. The van der Waals surface area contributed by atoms with Gasteiger partial charge in [-0.1, -0.05) is 12.1 Å². The van der Waals surface area contributed by atoms with E-state index in [4.69, 9.17) is 0 Å².